The summed E-state index contributed by atoms with van der Waals surface area (Å²) in [5.74, 6) is -0.232. The van der Waals surface area contributed by atoms with E-state index in [4.69, 9.17) is 10.6 Å². The fraction of sp³-hybridized carbons (Fsp3) is 1.00. The van der Waals surface area contributed by atoms with Gasteiger partial charge in [-0.15, -0.1) is 20.2 Å². The fourth-order valence-electron chi connectivity index (χ4n) is 6.12. The Kier molecular flexibility index (Phi) is 5.99. The zero-order valence-corrected chi connectivity index (χ0v) is 15.9. The summed E-state index contributed by atoms with van der Waals surface area (Å²) in [6.07, 6.45) is 6.04. The molecule has 0 radical (unpaired) electrons. The third-order valence-electron chi connectivity index (χ3n) is 6.70. The van der Waals surface area contributed by atoms with Crippen LogP contribution < -0.4 is 5.73 Å². The third kappa shape index (κ3) is 4.55. The van der Waals surface area contributed by atoms with E-state index in [0.29, 0.717) is 6.54 Å². The average Bonchev–Trinajstić information content (AvgIpc) is 2.48. The molecule has 0 heterocycles. The van der Waals surface area contributed by atoms with E-state index in [9.17, 15) is 20.2 Å². The Bertz CT molecular complexity index is 547. The molecule has 9 heteroatoms. The largest absolute Gasteiger partial charge is 0.330 e. The second kappa shape index (κ2) is 7.54. The van der Waals surface area contributed by atoms with Crippen LogP contribution >= 0.6 is 0 Å². The molecule has 0 aliphatic heterocycles. The van der Waals surface area contributed by atoms with Gasteiger partial charge in [0.2, 0.25) is 0 Å². The smallest absolute Gasteiger partial charge is 0.294 e. The van der Waals surface area contributed by atoms with E-state index in [-0.39, 0.29) is 22.2 Å². The maximum absolute atomic E-state index is 10.9. The first-order chi connectivity index (χ1) is 12.0. The van der Waals surface area contributed by atoms with Gasteiger partial charge in [-0.05, 0) is 67.2 Å². The van der Waals surface area contributed by atoms with Crippen molar-refractivity contribution in [3.63, 3.8) is 0 Å². The molecule has 0 aromatic heterocycles. The molecule has 0 aromatic carbocycles. The van der Waals surface area contributed by atoms with E-state index in [1.54, 1.807) is 0 Å². The molecule has 5 unspecified atom stereocenters. The topological polar surface area (TPSA) is 131 Å². The van der Waals surface area contributed by atoms with Gasteiger partial charge in [-0.25, -0.2) is 0 Å². The molecule has 0 aromatic rings. The molecule has 2 fully saturated rings. The zero-order valence-electron chi connectivity index (χ0n) is 15.9. The zero-order chi connectivity index (χ0) is 19.6. The summed E-state index contributed by atoms with van der Waals surface area (Å²) in [6.45, 7) is 6.63. The quantitative estimate of drug-likeness (QED) is 0.485. The Balaban J connectivity index is 2.29. The lowest BCUT2D eigenvalue weighted by Gasteiger charge is -2.60. The predicted molar refractivity (Wildman–Crippen MR) is 94.0 cm³/mol. The first-order valence-electron chi connectivity index (χ1n) is 9.32. The average molecular weight is 373 g/mol. The molecule has 5 atom stereocenters. The van der Waals surface area contributed by atoms with E-state index < -0.39 is 22.9 Å². The van der Waals surface area contributed by atoms with Gasteiger partial charge >= 0.3 is 0 Å². The summed E-state index contributed by atoms with van der Waals surface area (Å²) in [7, 11) is 0. The van der Waals surface area contributed by atoms with E-state index in [1.165, 1.54) is 0 Å². The first kappa shape index (κ1) is 20.7. The van der Waals surface area contributed by atoms with Crippen LogP contribution in [0.25, 0.3) is 0 Å². The van der Waals surface area contributed by atoms with Crippen LogP contribution in [-0.4, -0.2) is 29.4 Å². The van der Waals surface area contributed by atoms with Crippen LogP contribution in [0.3, 0.4) is 0 Å². The lowest BCUT2D eigenvalue weighted by Crippen LogP contribution is -2.53. The Morgan fingerprint density at radius 1 is 1.12 bits per heavy atom. The van der Waals surface area contributed by atoms with Crippen molar-refractivity contribution in [3.05, 3.63) is 20.2 Å². The highest BCUT2D eigenvalue weighted by Crippen LogP contribution is 2.64. The molecular weight excluding hydrogens is 342 g/mol. The highest BCUT2D eigenvalue weighted by molar-refractivity contribution is 5.05. The number of hydrogen-bond donors (Lipinski definition) is 1. The highest BCUT2D eigenvalue weighted by atomic mass is 17.0. The van der Waals surface area contributed by atoms with Crippen molar-refractivity contribution >= 4 is 0 Å². The molecule has 2 aliphatic rings. The van der Waals surface area contributed by atoms with Gasteiger partial charge < -0.3 is 15.4 Å². The fourth-order valence-corrected chi connectivity index (χ4v) is 6.12. The minimum atomic E-state index is -0.960. The lowest BCUT2D eigenvalue weighted by molar-refractivity contribution is -0.792. The molecular formula is C17H31N3O6. The number of nitrogens with zero attached hydrogens (tertiary/aromatic N) is 2. The van der Waals surface area contributed by atoms with Crippen LogP contribution in [0.2, 0.25) is 0 Å². The van der Waals surface area contributed by atoms with Crippen molar-refractivity contribution in [3.8, 4) is 0 Å². The number of hydrogen-bond acceptors (Lipinski definition) is 7. The molecule has 2 saturated carbocycles. The van der Waals surface area contributed by atoms with E-state index in [2.05, 4.69) is 18.7 Å². The minimum Gasteiger partial charge on any atom is -0.330 e. The van der Waals surface area contributed by atoms with Gasteiger partial charge in [0.05, 0.1) is 0 Å². The first-order valence-corrected chi connectivity index (χ1v) is 9.32. The molecule has 150 valence electrons. The lowest BCUT2D eigenvalue weighted by atomic mass is 9.45. The second-order valence-corrected chi connectivity index (χ2v) is 9.08. The molecule has 26 heavy (non-hydrogen) atoms. The van der Waals surface area contributed by atoms with E-state index >= 15 is 0 Å². The Morgan fingerprint density at radius 3 is 2.38 bits per heavy atom. The normalized spacial score (nSPS) is 36.0. The Morgan fingerprint density at radius 2 is 1.81 bits per heavy atom. The summed E-state index contributed by atoms with van der Waals surface area (Å²) in [5.41, 5.74) is 5.93. The maximum Gasteiger partial charge on any atom is 0.294 e. The van der Waals surface area contributed by atoms with Gasteiger partial charge in [-0.1, -0.05) is 27.2 Å². The Hall–Kier alpha value is -1.64. The highest BCUT2D eigenvalue weighted by Gasteiger charge is 2.56. The van der Waals surface area contributed by atoms with Gasteiger partial charge in [0, 0.05) is 0 Å². The van der Waals surface area contributed by atoms with Gasteiger partial charge in [0.15, 0.2) is 0 Å². The summed E-state index contributed by atoms with van der Waals surface area (Å²) >= 11 is 0. The van der Waals surface area contributed by atoms with Crippen LogP contribution in [0, 0.1) is 42.4 Å². The standard InChI is InChI=1S/C17H31N3O6/c1-13(14(26-20(23)24)9-25-19(21)22)17-6-4-5-15(2,11-17)10-16(3,12-17)7-8-18/h13-14H,4-12,18H2,1-3H3. The molecule has 9 nitrogen and oxygen atoms in total. The van der Waals surface area contributed by atoms with Crippen molar-refractivity contribution < 1.29 is 19.8 Å². The van der Waals surface area contributed by atoms with Gasteiger partial charge in [-0.2, -0.15) is 0 Å². The van der Waals surface area contributed by atoms with Crippen molar-refractivity contribution in [2.45, 2.75) is 71.8 Å². The maximum atomic E-state index is 10.9. The monoisotopic (exact) mass is 373 g/mol. The summed E-state index contributed by atoms with van der Waals surface area (Å²) < 4.78 is 0. The summed E-state index contributed by atoms with van der Waals surface area (Å²) in [4.78, 5) is 30.8. The number of rotatable bonds is 9. The van der Waals surface area contributed by atoms with Crippen LogP contribution in [0.15, 0.2) is 0 Å². The van der Waals surface area contributed by atoms with Gasteiger partial charge in [0.1, 0.15) is 12.7 Å². The molecule has 2 rings (SSSR count). The molecule has 0 spiro atoms. The van der Waals surface area contributed by atoms with Crippen LogP contribution in [0.5, 0.6) is 0 Å². The van der Waals surface area contributed by atoms with Crippen LogP contribution in [0.1, 0.15) is 65.7 Å². The van der Waals surface area contributed by atoms with Crippen molar-refractivity contribution in [1.29, 1.82) is 0 Å². The van der Waals surface area contributed by atoms with Gasteiger partial charge in [0.25, 0.3) is 10.2 Å². The molecule has 2 aliphatic carbocycles. The second-order valence-electron chi connectivity index (χ2n) is 9.08. The molecule has 2 bridgehead atoms. The van der Waals surface area contributed by atoms with E-state index in [0.717, 1.165) is 44.9 Å². The van der Waals surface area contributed by atoms with Gasteiger partial charge in [-0.3, -0.25) is 0 Å². The SMILES string of the molecule is CC(C(CO[N+](=O)[O-])O[N+](=O)[O-])C12CCCC(C)(CC(C)(CCN)C1)C2. The predicted octanol–water partition coefficient (Wildman–Crippen LogP) is 3.12. The Labute approximate surface area is 153 Å². The van der Waals surface area contributed by atoms with Crippen LogP contribution in [-0.2, 0) is 9.68 Å². The number of fused-ring (bicyclic) bond motifs is 2. The van der Waals surface area contributed by atoms with E-state index in [1.807, 2.05) is 6.92 Å². The van der Waals surface area contributed by atoms with Crippen LogP contribution in [0.4, 0.5) is 0 Å². The molecule has 0 saturated heterocycles. The van der Waals surface area contributed by atoms with Crippen molar-refractivity contribution in [2.75, 3.05) is 13.2 Å². The summed E-state index contributed by atoms with van der Waals surface area (Å²) in [5, 5.41) is 19.7. The molecule has 2 N–H and O–H groups in total. The minimum absolute atomic E-state index is 0.0690. The van der Waals surface area contributed by atoms with Crippen molar-refractivity contribution in [1.82, 2.24) is 0 Å². The third-order valence-corrected chi connectivity index (χ3v) is 6.70. The number of nitrogens with two attached hydrogens (primary N) is 1. The molecule has 0 amide bonds. The summed E-state index contributed by atoms with van der Waals surface area (Å²) in [6, 6.07) is 0. The van der Waals surface area contributed by atoms with Crippen molar-refractivity contribution in [2.24, 2.45) is 27.9 Å².